The molecule has 41 heavy (non-hydrogen) atoms. The molecule has 14 nitrogen and oxygen atoms in total. The van der Waals surface area contributed by atoms with E-state index in [-0.39, 0.29) is 29.2 Å². The molecule has 0 amide bonds. The van der Waals surface area contributed by atoms with Gasteiger partial charge in [0, 0.05) is 12.1 Å². The van der Waals surface area contributed by atoms with E-state index >= 15 is 0 Å². The molecule has 0 saturated carbocycles. The molecule has 3 aliphatic rings. The number of fused-ring (bicyclic) bond motifs is 1. The number of ketones is 1. The lowest BCUT2D eigenvalue weighted by atomic mass is 9.95. The zero-order valence-electron chi connectivity index (χ0n) is 21.1. The average Bonchev–Trinajstić information content (AvgIpc) is 2.94. The van der Waals surface area contributed by atoms with Crippen LogP contribution in [-0.4, -0.2) is 114 Å². The van der Waals surface area contributed by atoms with Gasteiger partial charge in [0.25, 0.3) is 0 Å². The SMILES string of the molecule is O=C1CC(c2ccc(O)cc2)Oc2cc(O[C@@H]3OC(CO)[C@@H](O)C(O)C3O[C@@H]3OC(Cl)[C@H](O)C(O)C3O)cc(O)c21. The number of halogens is 1. The summed E-state index contributed by atoms with van der Waals surface area (Å²) in [6.45, 7) is -0.733. The summed E-state index contributed by atoms with van der Waals surface area (Å²) in [6, 6.07) is 8.42. The van der Waals surface area contributed by atoms with Crippen LogP contribution in [0.3, 0.4) is 0 Å². The fourth-order valence-electron chi connectivity index (χ4n) is 4.86. The first-order chi connectivity index (χ1) is 19.5. The maximum Gasteiger partial charge on any atom is 0.229 e. The van der Waals surface area contributed by atoms with E-state index < -0.39 is 85.1 Å². The van der Waals surface area contributed by atoms with Crippen LogP contribution >= 0.6 is 11.6 Å². The molecule has 8 N–H and O–H groups in total. The van der Waals surface area contributed by atoms with Gasteiger partial charge < -0.3 is 64.5 Å². The molecule has 11 atom stereocenters. The number of aromatic hydroxyl groups is 2. The summed E-state index contributed by atoms with van der Waals surface area (Å²) in [4.78, 5) is 12.8. The molecule has 5 rings (SSSR count). The van der Waals surface area contributed by atoms with Gasteiger partial charge in [-0.25, -0.2) is 0 Å². The van der Waals surface area contributed by atoms with Crippen LogP contribution in [0.4, 0.5) is 0 Å². The first-order valence-electron chi connectivity index (χ1n) is 12.6. The number of benzene rings is 2. The Hall–Kier alpha value is -2.76. The van der Waals surface area contributed by atoms with Gasteiger partial charge in [-0.1, -0.05) is 23.7 Å². The number of Topliss-reactive ketones (excluding diaryl/α,β-unsaturated/α-hetero) is 1. The highest BCUT2D eigenvalue weighted by Gasteiger charge is 2.51. The Morgan fingerprint density at radius 1 is 0.878 bits per heavy atom. The van der Waals surface area contributed by atoms with Crippen molar-refractivity contribution < 1.29 is 69.3 Å². The van der Waals surface area contributed by atoms with Crippen LogP contribution < -0.4 is 9.47 Å². The normalized spacial score (nSPS) is 37.2. The zero-order chi connectivity index (χ0) is 29.6. The summed E-state index contributed by atoms with van der Waals surface area (Å²) in [6.07, 6.45) is -15.9. The van der Waals surface area contributed by atoms with E-state index in [9.17, 15) is 45.6 Å². The predicted octanol–water partition coefficient (Wildman–Crippen LogP) is -0.989. The molecule has 0 radical (unpaired) electrons. The molecule has 2 aromatic carbocycles. The minimum atomic E-state index is -1.83. The highest BCUT2D eigenvalue weighted by atomic mass is 35.5. The number of aliphatic hydroxyl groups excluding tert-OH is 6. The molecule has 3 heterocycles. The van der Waals surface area contributed by atoms with Crippen LogP contribution in [0.5, 0.6) is 23.0 Å². The molecule has 2 fully saturated rings. The smallest absolute Gasteiger partial charge is 0.229 e. The molecule has 7 unspecified atom stereocenters. The van der Waals surface area contributed by atoms with E-state index in [2.05, 4.69) is 0 Å². The van der Waals surface area contributed by atoms with Crippen LogP contribution in [0.1, 0.15) is 28.4 Å². The van der Waals surface area contributed by atoms with Gasteiger partial charge in [0.05, 0.1) is 13.0 Å². The van der Waals surface area contributed by atoms with Crippen molar-refractivity contribution in [2.45, 2.75) is 73.4 Å². The summed E-state index contributed by atoms with van der Waals surface area (Å²) in [7, 11) is 0. The average molecular weight is 601 g/mol. The van der Waals surface area contributed by atoms with Crippen molar-refractivity contribution in [2.75, 3.05) is 6.61 Å². The first-order valence-corrected chi connectivity index (χ1v) is 13.1. The summed E-state index contributed by atoms with van der Waals surface area (Å²) in [5.41, 5.74) is -0.994. The Morgan fingerprint density at radius 2 is 1.59 bits per heavy atom. The Bertz CT molecular complexity index is 1240. The maximum absolute atomic E-state index is 12.8. The van der Waals surface area contributed by atoms with Gasteiger partial charge in [0.15, 0.2) is 23.7 Å². The van der Waals surface area contributed by atoms with Gasteiger partial charge in [-0.05, 0) is 17.7 Å². The van der Waals surface area contributed by atoms with Crippen molar-refractivity contribution in [3.05, 3.63) is 47.5 Å². The molecular weight excluding hydrogens is 572 g/mol. The number of hydrogen-bond acceptors (Lipinski definition) is 14. The topological polar surface area (TPSA) is 225 Å². The fourth-order valence-corrected chi connectivity index (χ4v) is 5.11. The summed E-state index contributed by atoms with van der Waals surface area (Å²) < 4.78 is 28.2. The first kappa shape index (κ1) is 29.7. The number of aliphatic hydroxyl groups is 6. The van der Waals surface area contributed by atoms with E-state index in [4.69, 9.17) is 35.3 Å². The summed E-state index contributed by atoms with van der Waals surface area (Å²) >= 11 is 5.86. The number of carbonyl (C=O) groups is 1. The van der Waals surface area contributed by atoms with Crippen molar-refractivity contribution in [2.24, 2.45) is 0 Å². The third kappa shape index (κ3) is 5.81. The van der Waals surface area contributed by atoms with E-state index in [1.807, 2.05) is 0 Å². The number of alkyl halides is 1. The molecule has 2 aromatic rings. The lowest BCUT2D eigenvalue weighted by Gasteiger charge is -2.45. The van der Waals surface area contributed by atoms with E-state index in [1.165, 1.54) is 18.2 Å². The Balaban J connectivity index is 1.41. The molecule has 15 heteroatoms. The molecule has 0 aromatic heterocycles. The molecule has 0 bridgehead atoms. The van der Waals surface area contributed by atoms with Gasteiger partial charge in [-0.2, -0.15) is 0 Å². The number of phenolic OH excluding ortho intramolecular Hbond substituents is 2. The second kappa shape index (κ2) is 11.9. The second-order valence-electron chi connectivity index (χ2n) is 9.89. The fraction of sp³-hybridized carbons (Fsp3) is 0.500. The number of carbonyl (C=O) groups excluding carboxylic acids is 1. The van der Waals surface area contributed by atoms with Crippen LogP contribution in [0.2, 0.25) is 0 Å². The monoisotopic (exact) mass is 600 g/mol. The third-order valence-electron chi connectivity index (χ3n) is 7.12. The quantitative estimate of drug-likeness (QED) is 0.186. The lowest BCUT2D eigenvalue weighted by Crippen LogP contribution is -2.64. The second-order valence-corrected chi connectivity index (χ2v) is 10.3. The van der Waals surface area contributed by atoms with Gasteiger partial charge in [-0.15, -0.1) is 0 Å². The Kier molecular flexibility index (Phi) is 8.59. The van der Waals surface area contributed by atoms with Gasteiger partial charge >= 0.3 is 0 Å². The van der Waals surface area contributed by atoms with E-state index in [0.717, 1.165) is 6.07 Å². The van der Waals surface area contributed by atoms with Crippen molar-refractivity contribution in [1.29, 1.82) is 0 Å². The molecule has 0 spiro atoms. The van der Waals surface area contributed by atoms with Crippen LogP contribution in [-0.2, 0) is 14.2 Å². The predicted molar refractivity (Wildman–Crippen MR) is 134 cm³/mol. The molecule has 2 saturated heterocycles. The summed E-state index contributed by atoms with van der Waals surface area (Å²) in [5.74, 6) is -1.03. The number of ether oxygens (including phenoxy) is 5. The van der Waals surface area contributed by atoms with Crippen molar-refractivity contribution in [3.8, 4) is 23.0 Å². The minimum Gasteiger partial charge on any atom is -0.508 e. The molecule has 224 valence electrons. The largest absolute Gasteiger partial charge is 0.508 e. The highest BCUT2D eigenvalue weighted by molar-refractivity contribution is 6.20. The third-order valence-corrected chi connectivity index (χ3v) is 7.48. The highest BCUT2D eigenvalue weighted by Crippen LogP contribution is 2.43. The van der Waals surface area contributed by atoms with Crippen LogP contribution in [0, 0.1) is 0 Å². The van der Waals surface area contributed by atoms with E-state index in [0.29, 0.717) is 5.56 Å². The lowest BCUT2D eigenvalue weighted by molar-refractivity contribution is -0.349. The molecule has 3 aliphatic heterocycles. The van der Waals surface area contributed by atoms with Gasteiger partial charge in [-0.3, -0.25) is 4.79 Å². The molecular formula is C26H29ClO14. The van der Waals surface area contributed by atoms with E-state index in [1.54, 1.807) is 12.1 Å². The van der Waals surface area contributed by atoms with Gasteiger partial charge in [0.1, 0.15) is 71.3 Å². The number of phenols is 2. The van der Waals surface area contributed by atoms with Crippen molar-refractivity contribution in [1.82, 2.24) is 0 Å². The maximum atomic E-state index is 12.8. The Labute approximate surface area is 237 Å². The van der Waals surface area contributed by atoms with Crippen molar-refractivity contribution >= 4 is 17.4 Å². The Morgan fingerprint density at radius 3 is 2.27 bits per heavy atom. The number of rotatable bonds is 6. The van der Waals surface area contributed by atoms with Crippen LogP contribution in [0.15, 0.2) is 36.4 Å². The molecule has 0 aliphatic carbocycles. The van der Waals surface area contributed by atoms with Gasteiger partial charge in [0.2, 0.25) is 6.29 Å². The van der Waals surface area contributed by atoms with Crippen molar-refractivity contribution in [3.63, 3.8) is 0 Å². The van der Waals surface area contributed by atoms with Crippen LogP contribution in [0.25, 0.3) is 0 Å². The standard InChI is InChI=1S/C26H29ClO14/c27-24-21(35)19(33)22(36)25(41-24)40-23-20(34)18(32)16(8-28)39-26(23)37-11-5-12(30)17-13(31)7-14(38-15(17)6-11)9-1-3-10(29)4-2-9/h1-6,14,16,18-26,28-30,32-36H,7-8H2/t14?,16?,18-,19?,20?,21-,22?,23?,24?,25-,26-/m1/s1. The minimum absolute atomic E-state index is 0.0285. The zero-order valence-corrected chi connectivity index (χ0v) is 21.9. The number of hydrogen-bond donors (Lipinski definition) is 8. The summed E-state index contributed by atoms with van der Waals surface area (Å²) in [5, 5.41) is 81.3.